The van der Waals surface area contributed by atoms with Crippen molar-refractivity contribution in [3.8, 4) is 11.9 Å². The summed E-state index contributed by atoms with van der Waals surface area (Å²) < 4.78 is 19.4. The lowest BCUT2D eigenvalue weighted by atomic mass is 9.92. The number of benzene rings is 1. The quantitative estimate of drug-likeness (QED) is 0.912. The molecule has 1 amide bonds. The Balaban J connectivity index is 1.49. The van der Waals surface area contributed by atoms with Crippen LogP contribution in [0.15, 0.2) is 36.5 Å². The molecule has 0 unspecified atom stereocenters. The zero-order valence-electron chi connectivity index (χ0n) is 14.5. The summed E-state index contributed by atoms with van der Waals surface area (Å²) in [4.78, 5) is 16.4. The van der Waals surface area contributed by atoms with E-state index in [2.05, 4.69) is 10.3 Å². The average molecular weight is 353 g/mol. The number of ether oxygens (including phenoxy) is 1. The second-order valence-corrected chi connectivity index (χ2v) is 6.53. The Labute approximate surface area is 151 Å². The van der Waals surface area contributed by atoms with Crippen LogP contribution < -0.4 is 10.1 Å². The molecule has 1 aromatic heterocycles. The van der Waals surface area contributed by atoms with Gasteiger partial charge in [-0.25, -0.2) is 9.37 Å². The molecule has 1 N–H and O–H groups in total. The molecule has 1 saturated carbocycles. The number of hydrogen-bond acceptors (Lipinski definition) is 4. The molecule has 26 heavy (non-hydrogen) atoms. The van der Waals surface area contributed by atoms with Gasteiger partial charge in [0.2, 0.25) is 5.88 Å². The van der Waals surface area contributed by atoms with Gasteiger partial charge in [0.25, 0.3) is 5.91 Å². The standard InChI is InChI=1S/C20H20FN3O2/c1-13-2-4-15(10-18(13)21)20(25)24-16-5-7-17(8-6-16)26-19-9-3-14(11-22)12-23-19/h2-4,9-10,12,16-17H,5-8H2,1H3,(H,24,25). The topological polar surface area (TPSA) is 75.0 Å². The highest BCUT2D eigenvalue weighted by molar-refractivity contribution is 5.94. The van der Waals surface area contributed by atoms with Crippen LogP contribution in [0, 0.1) is 24.1 Å². The van der Waals surface area contributed by atoms with E-state index in [1.54, 1.807) is 31.2 Å². The maximum Gasteiger partial charge on any atom is 0.251 e. The minimum absolute atomic E-state index is 0.0420. The average Bonchev–Trinajstić information content (AvgIpc) is 2.66. The van der Waals surface area contributed by atoms with Crippen LogP contribution in [0.4, 0.5) is 4.39 Å². The summed E-state index contributed by atoms with van der Waals surface area (Å²) in [6.45, 7) is 1.67. The molecule has 1 fully saturated rings. The minimum Gasteiger partial charge on any atom is -0.474 e. The molecule has 5 nitrogen and oxygen atoms in total. The van der Waals surface area contributed by atoms with Crippen LogP contribution in [-0.2, 0) is 0 Å². The van der Waals surface area contributed by atoms with Gasteiger partial charge in [0.1, 0.15) is 18.0 Å². The number of amides is 1. The van der Waals surface area contributed by atoms with E-state index in [9.17, 15) is 9.18 Å². The molecule has 134 valence electrons. The van der Waals surface area contributed by atoms with E-state index < -0.39 is 0 Å². The van der Waals surface area contributed by atoms with Gasteiger partial charge in [0.05, 0.1) is 5.56 Å². The monoisotopic (exact) mass is 353 g/mol. The molecule has 6 heteroatoms. The normalized spacial score (nSPS) is 19.4. The van der Waals surface area contributed by atoms with Crippen molar-refractivity contribution in [1.82, 2.24) is 10.3 Å². The largest absolute Gasteiger partial charge is 0.474 e. The van der Waals surface area contributed by atoms with Gasteiger partial charge in [-0.05, 0) is 56.4 Å². The highest BCUT2D eigenvalue weighted by atomic mass is 19.1. The molecule has 0 atom stereocenters. The number of carbonyl (C=O) groups excluding carboxylic acids is 1. The lowest BCUT2D eigenvalue weighted by molar-refractivity contribution is 0.0889. The maximum atomic E-state index is 13.6. The minimum atomic E-state index is -0.371. The molecule has 0 aliphatic heterocycles. The molecule has 1 aromatic carbocycles. The van der Waals surface area contributed by atoms with Crippen molar-refractivity contribution in [3.63, 3.8) is 0 Å². The summed E-state index contributed by atoms with van der Waals surface area (Å²) in [6, 6.07) is 9.97. The lowest BCUT2D eigenvalue weighted by Crippen LogP contribution is -2.39. The van der Waals surface area contributed by atoms with E-state index in [1.807, 2.05) is 6.07 Å². The first-order valence-corrected chi connectivity index (χ1v) is 8.65. The summed E-state index contributed by atoms with van der Waals surface area (Å²) in [5, 5.41) is 11.7. The number of nitriles is 1. The van der Waals surface area contributed by atoms with E-state index >= 15 is 0 Å². The summed E-state index contributed by atoms with van der Waals surface area (Å²) in [5.41, 5.74) is 1.36. The van der Waals surface area contributed by atoms with Crippen LogP contribution >= 0.6 is 0 Å². The Kier molecular flexibility index (Phi) is 5.47. The van der Waals surface area contributed by atoms with Gasteiger partial charge in [-0.15, -0.1) is 0 Å². The van der Waals surface area contributed by atoms with Crippen molar-refractivity contribution in [1.29, 1.82) is 5.26 Å². The highest BCUT2D eigenvalue weighted by Gasteiger charge is 2.24. The molecule has 1 heterocycles. The van der Waals surface area contributed by atoms with E-state index in [0.29, 0.717) is 22.6 Å². The van der Waals surface area contributed by atoms with Gasteiger partial charge in [0, 0.05) is 23.9 Å². The first-order valence-electron chi connectivity index (χ1n) is 8.65. The first-order chi connectivity index (χ1) is 12.5. The van der Waals surface area contributed by atoms with Gasteiger partial charge >= 0.3 is 0 Å². The fourth-order valence-electron chi connectivity index (χ4n) is 3.01. The molecule has 3 rings (SSSR count). The molecule has 0 radical (unpaired) electrons. The Morgan fingerprint density at radius 3 is 2.65 bits per heavy atom. The van der Waals surface area contributed by atoms with Crippen LogP contribution in [-0.4, -0.2) is 23.0 Å². The number of aromatic nitrogens is 1. The highest BCUT2D eigenvalue weighted by Crippen LogP contribution is 2.23. The van der Waals surface area contributed by atoms with Gasteiger partial charge in [-0.3, -0.25) is 4.79 Å². The number of aryl methyl sites for hydroxylation is 1. The van der Waals surface area contributed by atoms with E-state index in [1.165, 1.54) is 12.3 Å². The van der Waals surface area contributed by atoms with Crippen LogP contribution in [0.1, 0.15) is 47.2 Å². The fourth-order valence-corrected chi connectivity index (χ4v) is 3.01. The maximum absolute atomic E-state index is 13.6. The predicted molar refractivity (Wildman–Crippen MR) is 94.2 cm³/mol. The summed E-state index contributed by atoms with van der Waals surface area (Å²) in [7, 11) is 0. The Hall–Kier alpha value is -2.94. The van der Waals surface area contributed by atoms with Crippen LogP contribution in [0.5, 0.6) is 5.88 Å². The van der Waals surface area contributed by atoms with Crippen LogP contribution in [0.2, 0.25) is 0 Å². The number of hydrogen-bond donors (Lipinski definition) is 1. The van der Waals surface area contributed by atoms with Gasteiger partial charge < -0.3 is 10.1 Å². The SMILES string of the molecule is Cc1ccc(C(=O)NC2CCC(Oc3ccc(C#N)cn3)CC2)cc1F. The summed E-state index contributed by atoms with van der Waals surface area (Å²) in [5.74, 6) is -0.113. The molecular formula is C20H20FN3O2. The zero-order valence-corrected chi connectivity index (χ0v) is 14.5. The third-order valence-electron chi connectivity index (χ3n) is 4.60. The second-order valence-electron chi connectivity index (χ2n) is 6.53. The number of carbonyl (C=O) groups is 1. The van der Waals surface area contributed by atoms with Crippen LogP contribution in [0.3, 0.4) is 0 Å². The third-order valence-corrected chi connectivity index (χ3v) is 4.60. The van der Waals surface area contributed by atoms with E-state index in [4.69, 9.17) is 10.00 Å². The van der Waals surface area contributed by atoms with Crippen molar-refractivity contribution in [2.24, 2.45) is 0 Å². The Bertz CT molecular complexity index is 822. The first kappa shape index (κ1) is 17.9. The van der Waals surface area contributed by atoms with E-state index in [0.717, 1.165) is 25.7 Å². The molecule has 2 aromatic rings. The second kappa shape index (κ2) is 7.96. The lowest BCUT2D eigenvalue weighted by Gasteiger charge is -2.29. The fraction of sp³-hybridized carbons (Fsp3) is 0.350. The molecular weight excluding hydrogens is 333 g/mol. The Morgan fingerprint density at radius 2 is 2.04 bits per heavy atom. The number of pyridine rings is 1. The predicted octanol–water partition coefficient (Wildman–Crippen LogP) is 3.52. The summed E-state index contributed by atoms with van der Waals surface area (Å²) in [6.07, 6.45) is 4.72. The van der Waals surface area contributed by atoms with Crippen molar-refractivity contribution < 1.29 is 13.9 Å². The van der Waals surface area contributed by atoms with Crippen molar-refractivity contribution in [2.45, 2.75) is 44.8 Å². The molecule has 0 bridgehead atoms. The zero-order chi connectivity index (χ0) is 18.5. The third kappa shape index (κ3) is 4.37. The van der Waals surface area contributed by atoms with Gasteiger partial charge in [0.15, 0.2) is 0 Å². The molecule has 0 spiro atoms. The smallest absolute Gasteiger partial charge is 0.251 e. The van der Waals surface area contributed by atoms with Crippen LogP contribution in [0.25, 0.3) is 0 Å². The van der Waals surface area contributed by atoms with Gasteiger partial charge in [-0.1, -0.05) is 6.07 Å². The molecule has 1 aliphatic carbocycles. The Morgan fingerprint density at radius 1 is 1.27 bits per heavy atom. The molecule has 0 saturated heterocycles. The van der Waals surface area contributed by atoms with Crippen molar-refractivity contribution >= 4 is 5.91 Å². The van der Waals surface area contributed by atoms with E-state index in [-0.39, 0.29) is 23.9 Å². The molecule has 1 aliphatic rings. The van der Waals surface area contributed by atoms with Crippen molar-refractivity contribution in [3.05, 3.63) is 59.0 Å². The van der Waals surface area contributed by atoms with Gasteiger partial charge in [-0.2, -0.15) is 5.26 Å². The number of nitrogens with one attached hydrogen (secondary N) is 1. The number of halogens is 1. The summed E-state index contributed by atoms with van der Waals surface area (Å²) >= 11 is 0. The van der Waals surface area contributed by atoms with Crippen molar-refractivity contribution in [2.75, 3.05) is 0 Å². The number of rotatable bonds is 4. The number of nitrogens with zero attached hydrogens (tertiary/aromatic N) is 2.